The minimum absolute atomic E-state index is 0.0791. The lowest BCUT2D eigenvalue weighted by Gasteiger charge is -2.41. The van der Waals surface area contributed by atoms with Gasteiger partial charge in [0.15, 0.2) is 0 Å². The molecule has 0 aromatic heterocycles. The van der Waals surface area contributed by atoms with Crippen LogP contribution in [-0.4, -0.2) is 59.5 Å². The van der Waals surface area contributed by atoms with Gasteiger partial charge in [0.25, 0.3) is 5.91 Å². The highest BCUT2D eigenvalue weighted by molar-refractivity contribution is 5.94. The van der Waals surface area contributed by atoms with Crippen LogP contribution in [0.4, 0.5) is 0 Å². The Bertz CT molecular complexity index is 633. The zero-order valence-electron chi connectivity index (χ0n) is 13.9. The Morgan fingerprint density at radius 2 is 2.04 bits per heavy atom. The van der Waals surface area contributed by atoms with Gasteiger partial charge < -0.3 is 14.5 Å². The van der Waals surface area contributed by atoms with E-state index in [0.29, 0.717) is 19.6 Å². The number of hydrogen-bond donors (Lipinski definition) is 0. The molecule has 4 rings (SSSR count). The zero-order valence-corrected chi connectivity index (χ0v) is 13.9. The standard InChI is InChI=1S/C19H24N2O3/c22-17-7-4-10-21(17)16-8-12-24-19(13-16)9-11-20(14-19)18(23)15-5-2-1-3-6-15/h1-3,5-6,16H,4,7-14H2/t16-,19+/m0/s1. The van der Waals surface area contributed by atoms with Crippen LogP contribution in [0.1, 0.15) is 42.5 Å². The molecule has 0 N–H and O–H groups in total. The number of carbonyl (C=O) groups excluding carboxylic acids is 2. The van der Waals surface area contributed by atoms with Crippen molar-refractivity contribution in [3.05, 3.63) is 35.9 Å². The van der Waals surface area contributed by atoms with Crippen LogP contribution >= 0.6 is 0 Å². The van der Waals surface area contributed by atoms with Crippen LogP contribution in [-0.2, 0) is 9.53 Å². The Hall–Kier alpha value is -1.88. The maximum Gasteiger partial charge on any atom is 0.253 e. The van der Waals surface area contributed by atoms with E-state index in [1.807, 2.05) is 40.1 Å². The first-order valence-corrected chi connectivity index (χ1v) is 8.95. The predicted octanol–water partition coefficient (Wildman–Crippen LogP) is 2.07. The molecule has 1 spiro atoms. The van der Waals surface area contributed by atoms with E-state index in [9.17, 15) is 9.59 Å². The van der Waals surface area contributed by atoms with Gasteiger partial charge in [-0.1, -0.05) is 18.2 Å². The lowest BCUT2D eigenvalue weighted by Crippen LogP contribution is -2.50. The van der Waals surface area contributed by atoms with Crippen LogP contribution in [0.2, 0.25) is 0 Å². The Kier molecular flexibility index (Phi) is 4.04. The Balaban J connectivity index is 1.45. The molecule has 3 heterocycles. The SMILES string of the molecule is O=C(c1ccccc1)N1CC[C@@]2(C[C@@H](N3CCCC3=O)CCO2)C1. The van der Waals surface area contributed by atoms with Crippen molar-refractivity contribution >= 4 is 11.8 Å². The predicted molar refractivity (Wildman–Crippen MR) is 89.6 cm³/mol. The van der Waals surface area contributed by atoms with E-state index in [0.717, 1.165) is 44.3 Å². The van der Waals surface area contributed by atoms with Crippen molar-refractivity contribution in [1.29, 1.82) is 0 Å². The molecule has 0 unspecified atom stereocenters. The molecule has 24 heavy (non-hydrogen) atoms. The molecular formula is C19H24N2O3. The van der Waals surface area contributed by atoms with Crippen molar-refractivity contribution in [2.45, 2.75) is 43.7 Å². The van der Waals surface area contributed by atoms with Crippen LogP contribution in [0, 0.1) is 0 Å². The molecule has 0 aliphatic carbocycles. The van der Waals surface area contributed by atoms with E-state index >= 15 is 0 Å². The number of hydrogen-bond acceptors (Lipinski definition) is 3. The fourth-order valence-corrected chi connectivity index (χ4v) is 4.39. The molecule has 0 radical (unpaired) electrons. The van der Waals surface area contributed by atoms with Crippen LogP contribution in [0.25, 0.3) is 0 Å². The summed E-state index contributed by atoms with van der Waals surface area (Å²) in [6.07, 6.45) is 4.30. The van der Waals surface area contributed by atoms with Gasteiger partial charge in [0, 0.05) is 37.7 Å². The molecule has 2 atom stereocenters. The molecule has 3 aliphatic rings. The van der Waals surface area contributed by atoms with Crippen molar-refractivity contribution in [1.82, 2.24) is 9.80 Å². The van der Waals surface area contributed by atoms with Gasteiger partial charge in [-0.15, -0.1) is 0 Å². The molecule has 128 valence electrons. The molecule has 2 amide bonds. The molecule has 5 nitrogen and oxygen atoms in total. The Morgan fingerprint density at radius 1 is 1.21 bits per heavy atom. The summed E-state index contributed by atoms with van der Waals surface area (Å²) in [5.41, 5.74) is 0.465. The quantitative estimate of drug-likeness (QED) is 0.835. The van der Waals surface area contributed by atoms with E-state index in [4.69, 9.17) is 4.74 Å². The normalized spacial score (nSPS) is 30.3. The third kappa shape index (κ3) is 2.81. The minimum atomic E-state index is -0.268. The molecule has 0 bridgehead atoms. The monoisotopic (exact) mass is 328 g/mol. The molecule has 0 saturated carbocycles. The topological polar surface area (TPSA) is 49.9 Å². The van der Waals surface area contributed by atoms with E-state index in [2.05, 4.69) is 0 Å². The summed E-state index contributed by atoms with van der Waals surface area (Å²) in [5.74, 6) is 0.364. The number of ether oxygens (including phenoxy) is 1. The van der Waals surface area contributed by atoms with Crippen molar-refractivity contribution in [3.63, 3.8) is 0 Å². The Morgan fingerprint density at radius 3 is 2.79 bits per heavy atom. The first kappa shape index (κ1) is 15.6. The summed E-state index contributed by atoms with van der Waals surface area (Å²) in [6.45, 7) is 2.93. The summed E-state index contributed by atoms with van der Waals surface area (Å²) in [7, 11) is 0. The molecule has 3 saturated heterocycles. The van der Waals surface area contributed by atoms with Gasteiger partial charge >= 0.3 is 0 Å². The van der Waals surface area contributed by atoms with Gasteiger partial charge in [-0.3, -0.25) is 9.59 Å². The fourth-order valence-electron chi connectivity index (χ4n) is 4.39. The summed E-state index contributed by atoms with van der Waals surface area (Å²) in [6, 6.07) is 9.71. The number of amides is 2. The van der Waals surface area contributed by atoms with Crippen LogP contribution < -0.4 is 0 Å². The first-order chi connectivity index (χ1) is 11.7. The van der Waals surface area contributed by atoms with E-state index in [1.165, 1.54) is 0 Å². The lowest BCUT2D eigenvalue weighted by molar-refractivity contribution is -0.137. The molecular weight excluding hydrogens is 304 g/mol. The number of nitrogens with zero attached hydrogens (tertiary/aromatic N) is 2. The third-order valence-corrected chi connectivity index (χ3v) is 5.64. The number of likely N-dealkylation sites (tertiary alicyclic amines) is 2. The zero-order chi connectivity index (χ0) is 16.6. The van der Waals surface area contributed by atoms with Gasteiger partial charge in [-0.2, -0.15) is 0 Å². The number of rotatable bonds is 2. The second-order valence-electron chi connectivity index (χ2n) is 7.21. The van der Waals surface area contributed by atoms with Crippen molar-refractivity contribution in [3.8, 4) is 0 Å². The van der Waals surface area contributed by atoms with Gasteiger partial charge in [0.05, 0.1) is 12.1 Å². The van der Waals surface area contributed by atoms with Crippen molar-refractivity contribution < 1.29 is 14.3 Å². The molecule has 3 fully saturated rings. The molecule has 1 aromatic rings. The summed E-state index contributed by atoms with van der Waals surface area (Å²) >= 11 is 0. The second kappa shape index (κ2) is 6.20. The lowest BCUT2D eigenvalue weighted by atomic mass is 9.89. The van der Waals surface area contributed by atoms with E-state index in [-0.39, 0.29) is 23.5 Å². The summed E-state index contributed by atoms with van der Waals surface area (Å²) in [5, 5.41) is 0. The summed E-state index contributed by atoms with van der Waals surface area (Å²) in [4.78, 5) is 28.7. The smallest absolute Gasteiger partial charge is 0.253 e. The second-order valence-corrected chi connectivity index (χ2v) is 7.21. The van der Waals surface area contributed by atoms with Crippen LogP contribution in [0.5, 0.6) is 0 Å². The van der Waals surface area contributed by atoms with Crippen LogP contribution in [0.15, 0.2) is 30.3 Å². The number of carbonyl (C=O) groups is 2. The molecule has 3 aliphatic heterocycles. The molecule has 1 aromatic carbocycles. The minimum Gasteiger partial charge on any atom is -0.373 e. The van der Waals surface area contributed by atoms with Crippen molar-refractivity contribution in [2.75, 3.05) is 26.2 Å². The Labute approximate surface area is 142 Å². The van der Waals surface area contributed by atoms with E-state index < -0.39 is 0 Å². The van der Waals surface area contributed by atoms with E-state index in [1.54, 1.807) is 0 Å². The van der Waals surface area contributed by atoms with Crippen molar-refractivity contribution in [2.24, 2.45) is 0 Å². The first-order valence-electron chi connectivity index (χ1n) is 8.95. The highest BCUT2D eigenvalue weighted by Gasteiger charge is 2.46. The molecule has 5 heteroatoms. The maximum atomic E-state index is 12.7. The third-order valence-electron chi connectivity index (χ3n) is 5.64. The largest absolute Gasteiger partial charge is 0.373 e. The summed E-state index contributed by atoms with van der Waals surface area (Å²) < 4.78 is 6.14. The van der Waals surface area contributed by atoms with Gasteiger partial charge in [0.2, 0.25) is 5.91 Å². The van der Waals surface area contributed by atoms with Crippen LogP contribution in [0.3, 0.4) is 0 Å². The van der Waals surface area contributed by atoms with Gasteiger partial charge in [-0.05, 0) is 37.8 Å². The average molecular weight is 328 g/mol. The average Bonchev–Trinajstić information content (AvgIpc) is 3.22. The highest BCUT2D eigenvalue weighted by Crippen LogP contribution is 2.37. The maximum absolute atomic E-state index is 12.7. The van der Waals surface area contributed by atoms with Gasteiger partial charge in [0.1, 0.15) is 0 Å². The highest BCUT2D eigenvalue weighted by atomic mass is 16.5. The number of benzene rings is 1. The van der Waals surface area contributed by atoms with Gasteiger partial charge in [-0.25, -0.2) is 0 Å². The fraction of sp³-hybridized carbons (Fsp3) is 0.579.